The fourth-order valence-electron chi connectivity index (χ4n) is 1.38. The van der Waals surface area contributed by atoms with Gasteiger partial charge >= 0.3 is 5.97 Å². The van der Waals surface area contributed by atoms with Crippen LogP contribution in [-0.2, 0) is 9.59 Å². The number of carboxylic acid groups (broad SMARTS) is 1. The third-order valence-corrected chi connectivity index (χ3v) is 1.88. The number of aliphatic hydroxyl groups is 2. The van der Waals surface area contributed by atoms with Gasteiger partial charge < -0.3 is 15.3 Å². The molecular weight excluding hydrogens is 164 g/mol. The lowest BCUT2D eigenvalue weighted by Crippen LogP contribution is -2.41. The van der Waals surface area contributed by atoms with Gasteiger partial charge in [0, 0.05) is 12.8 Å². The number of hydrogen-bond acceptors (Lipinski definition) is 4. The van der Waals surface area contributed by atoms with E-state index in [-0.39, 0.29) is 19.3 Å². The van der Waals surface area contributed by atoms with E-state index in [0.717, 1.165) is 0 Å². The topological polar surface area (TPSA) is 94.8 Å². The molecular formula is C7H10O5. The molecule has 1 fully saturated rings. The molecule has 0 radical (unpaired) electrons. The van der Waals surface area contributed by atoms with Crippen molar-refractivity contribution in [3.05, 3.63) is 0 Å². The van der Waals surface area contributed by atoms with Crippen LogP contribution < -0.4 is 0 Å². The Morgan fingerprint density at radius 2 is 2.08 bits per heavy atom. The third kappa shape index (κ3) is 2.02. The number of Topliss-reactive ketones (excluding diaryl/α,β-unsaturated/α-hetero) is 1. The van der Waals surface area contributed by atoms with E-state index < -0.39 is 23.5 Å². The molecule has 0 aromatic heterocycles. The van der Waals surface area contributed by atoms with Crippen molar-refractivity contribution in [2.24, 2.45) is 5.92 Å². The summed E-state index contributed by atoms with van der Waals surface area (Å²) in [4.78, 5) is 21.2. The van der Waals surface area contributed by atoms with Gasteiger partial charge in [0.15, 0.2) is 5.79 Å². The Morgan fingerprint density at radius 1 is 1.50 bits per heavy atom. The normalized spacial score (nSPS) is 28.5. The van der Waals surface area contributed by atoms with E-state index in [4.69, 9.17) is 15.3 Å². The molecule has 0 aromatic carbocycles. The van der Waals surface area contributed by atoms with Crippen molar-refractivity contribution >= 4 is 11.8 Å². The molecule has 1 unspecified atom stereocenters. The maximum atomic E-state index is 10.8. The smallest absolute Gasteiger partial charge is 0.307 e. The van der Waals surface area contributed by atoms with Gasteiger partial charge in [-0.1, -0.05) is 0 Å². The van der Waals surface area contributed by atoms with E-state index in [1.807, 2.05) is 0 Å². The molecule has 5 nitrogen and oxygen atoms in total. The largest absolute Gasteiger partial charge is 0.481 e. The van der Waals surface area contributed by atoms with Crippen LogP contribution in [0.5, 0.6) is 0 Å². The van der Waals surface area contributed by atoms with Crippen molar-refractivity contribution in [1.82, 2.24) is 0 Å². The van der Waals surface area contributed by atoms with Gasteiger partial charge in [0.25, 0.3) is 0 Å². The molecule has 0 spiro atoms. The molecule has 0 saturated heterocycles. The predicted octanol–water partition coefficient (Wildman–Crippen LogP) is -0.879. The number of carbonyl (C=O) groups is 2. The van der Waals surface area contributed by atoms with Gasteiger partial charge in [-0.3, -0.25) is 9.59 Å². The summed E-state index contributed by atoms with van der Waals surface area (Å²) in [7, 11) is 0. The quantitative estimate of drug-likeness (QED) is 0.449. The van der Waals surface area contributed by atoms with Crippen molar-refractivity contribution in [3.8, 4) is 0 Å². The van der Waals surface area contributed by atoms with E-state index in [1.54, 1.807) is 0 Å². The molecule has 0 amide bonds. The minimum atomic E-state index is -2.13. The Hall–Kier alpha value is -0.940. The fourth-order valence-corrected chi connectivity index (χ4v) is 1.38. The Labute approximate surface area is 68.6 Å². The highest BCUT2D eigenvalue weighted by atomic mass is 16.5. The second kappa shape index (κ2) is 2.84. The zero-order valence-corrected chi connectivity index (χ0v) is 6.36. The van der Waals surface area contributed by atoms with E-state index in [1.165, 1.54) is 0 Å². The van der Waals surface area contributed by atoms with Crippen molar-refractivity contribution in [3.63, 3.8) is 0 Å². The van der Waals surface area contributed by atoms with Gasteiger partial charge in [-0.25, -0.2) is 0 Å². The van der Waals surface area contributed by atoms with Crippen LogP contribution in [0, 0.1) is 5.92 Å². The van der Waals surface area contributed by atoms with Crippen LogP contribution in [0.3, 0.4) is 0 Å². The van der Waals surface area contributed by atoms with Crippen LogP contribution in [0.15, 0.2) is 0 Å². The first-order valence-corrected chi connectivity index (χ1v) is 3.60. The highest BCUT2D eigenvalue weighted by Crippen LogP contribution is 2.28. The minimum Gasteiger partial charge on any atom is -0.481 e. The lowest BCUT2D eigenvalue weighted by atomic mass is 9.84. The monoisotopic (exact) mass is 174 g/mol. The Bertz CT molecular complexity index is 220. The number of hydrogen-bond donors (Lipinski definition) is 3. The van der Waals surface area contributed by atoms with Crippen LogP contribution in [0.1, 0.15) is 19.3 Å². The number of carboxylic acids is 1. The molecule has 0 heterocycles. The van der Waals surface area contributed by atoms with Gasteiger partial charge in [0.2, 0.25) is 0 Å². The predicted molar refractivity (Wildman–Crippen MR) is 37.2 cm³/mol. The molecule has 1 aliphatic rings. The maximum absolute atomic E-state index is 10.8. The highest BCUT2D eigenvalue weighted by Gasteiger charge is 2.39. The van der Waals surface area contributed by atoms with Crippen molar-refractivity contribution in [1.29, 1.82) is 0 Å². The number of aliphatic carboxylic acids is 1. The fraction of sp³-hybridized carbons (Fsp3) is 0.714. The van der Waals surface area contributed by atoms with Crippen LogP contribution >= 0.6 is 0 Å². The van der Waals surface area contributed by atoms with E-state index in [0.29, 0.717) is 0 Å². The minimum absolute atomic E-state index is 0.0990. The van der Waals surface area contributed by atoms with Crippen LogP contribution in [0.2, 0.25) is 0 Å². The summed E-state index contributed by atoms with van der Waals surface area (Å²) in [5.74, 6) is -4.66. The van der Waals surface area contributed by atoms with Crippen molar-refractivity contribution < 1.29 is 24.9 Å². The molecule has 0 aromatic rings. The van der Waals surface area contributed by atoms with E-state index in [9.17, 15) is 9.59 Å². The second-order valence-electron chi connectivity index (χ2n) is 3.14. The first-order chi connectivity index (χ1) is 5.41. The molecule has 1 atom stereocenters. The summed E-state index contributed by atoms with van der Waals surface area (Å²) >= 11 is 0. The first-order valence-electron chi connectivity index (χ1n) is 3.60. The first kappa shape index (κ1) is 9.15. The zero-order valence-electron chi connectivity index (χ0n) is 6.36. The summed E-state index contributed by atoms with van der Waals surface area (Å²) in [6, 6.07) is 0. The molecule has 0 aliphatic heterocycles. The Balaban J connectivity index is 2.70. The van der Waals surface area contributed by atoms with Crippen LogP contribution in [-0.4, -0.2) is 32.9 Å². The van der Waals surface area contributed by atoms with Gasteiger partial charge in [0.05, 0.1) is 12.3 Å². The van der Waals surface area contributed by atoms with Gasteiger partial charge in [-0.15, -0.1) is 0 Å². The Morgan fingerprint density at radius 3 is 2.50 bits per heavy atom. The summed E-state index contributed by atoms with van der Waals surface area (Å²) in [5.41, 5.74) is 0. The highest BCUT2D eigenvalue weighted by molar-refractivity contribution is 5.85. The number of ketones is 1. The van der Waals surface area contributed by atoms with E-state index in [2.05, 4.69) is 0 Å². The van der Waals surface area contributed by atoms with Crippen molar-refractivity contribution in [2.45, 2.75) is 25.0 Å². The molecule has 68 valence electrons. The summed E-state index contributed by atoms with van der Waals surface area (Å²) < 4.78 is 0. The van der Waals surface area contributed by atoms with Gasteiger partial charge in [-0.2, -0.15) is 0 Å². The van der Waals surface area contributed by atoms with Gasteiger partial charge in [-0.05, 0) is 0 Å². The summed E-state index contributed by atoms with van der Waals surface area (Å²) in [6.07, 6.45) is -0.733. The van der Waals surface area contributed by atoms with E-state index >= 15 is 0 Å². The standard InChI is InChI=1S/C7H10O5/c8-5-1-4(6(9)10)2-7(11,12)3-5/h4,11-12H,1-3H2,(H,9,10). The SMILES string of the molecule is O=C1CC(C(=O)O)CC(O)(O)C1. The molecule has 1 aliphatic carbocycles. The second-order valence-corrected chi connectivity index (χ2v) is 3.14. The molecule has 1 saturated carbocycles. The molecule has 12 heavy (non-hydrogen) atoms. The lowest BCUT2D eigenvalue weighted by Gasteiger charge is -2.29. The van der Waals surface area contributed by atoms with Crippen molar-refractivity contribution in [2.75, 3.05) is 0 Å². The molecule has 5 heteroatoms. The number of rotatable bonds is 1. The summed E-state index contributed by atoms with van der Waals surface area (Å²) in [5, 5.41) is 26.6. The molecule has 3 N–H and O–H groups in total. The maximum Gasteiger partial charge on any atom is 0.307 e. The Kier molecular flexibility index (Phi) is 2.16. The number of carbonyl (C=O) groups excluding carboxylic acids is 1. The average Bonchev–Trinajstić information content (AvgIpc) is 1.82. The molecule has 1 rings (SSSR count). The third-order valence-electron chi connectivity index (χ3n) is 1.88. The van der Waals surface area contributed by atoms with Crippen LogP contribution in [0.25, 0.3) is 0 Å². The summed E-state index contributed by atoms with van der Waals surface area (Å²) in [6.45, 7) is 0. The van der Waals surface area contributed by atoms with Gasteiger partial charge in [0.1, 0.15) is 5.78 Å². The molecule has 0 bridgehead atoms. The lowest BCUT2D eigenvalue weighted by molar-refractivity contribution is -0.196. The zero-order chi connectivity index (χ0) is 9.35. The average molecular weight is 174 g/mol. The van der Waals surface area contributed by atoms with Crippen LogP contribution in [0.4, 0.5) is 0 Å².